The van der Waals surface area contributed by atoms with Gasteiger partial charge in [-0.25, -0.2) is 13.4 Å². The van der Waals surface area contributed by atoms with E-state index in [1.54, 1.807) is 12.1 Å². The minimum absolute atomic E-state index is 0.110. The molecule has 19 heavy (non-hydrogen) atoms. The maximum atomic E-state index is 11.5. The van der Waals surface area contributed by atoms with Gasteiger partial charge in [0.1, 0.15) is 0 Å². The van der Waals surface area contributed by atoms with Crippen LogP contribution in [0, 0.1) is 0 Å². The second-order valence-electron chi connectivity index (χ2n) is 3.80. The van der Waals surface area contributed by atoms with Gasteiger partial charge in [-0.15, -0.1) is 0 Å². The van der Waals surface area contributed by atoms with Crippen LogP contribution in [-0.2, 0) is 9.84 Å². The summed E-state index contributed by atoms with van der Waals surface area (Å²) in [5.41, 5.74) is 6.19. The van der Waals surface area contributed by atoms with Crippen molar-refractivity contribution in [2.24, 2.45) is 0 Å². The van der Waals surface area contributed by atoms with Crippen molar-refractivity contribution in [1.29, 1.82) is 0 Å². The molecular formula is C11H12N4O2S2. The summed E-state index contributed by atoms with van der Waals surface area (Å²) < 4.78 is 23.0. The van der Waals surface area contributed by atoms with Crippen LogP contribution >= 0.6 is 11.8 Å². The van der Waals surface area contributed by atoms with E-state index in [2.05, 4.69) is 15.0 Å². The highest BCUT2D eigenvalue weighted by Gasteiger charge is 2.11. The van der Waals surface area contributed by atoms with Gasteiger partial charge in [-0.2, -0.15) is 9.97 Å². The molecule has 0 radical (unpaired) electrons. The molecule has 1 aromatic heterocycles. The van der Waals surface area contributed by atoms with Crippen molar-refractivity contribution in [3.05, 3.63) is 24.3 Å². The molecule has 1 heterocycles. The maximum Gasteiger partial charge on any atom is 0.224 e. The summed E-state index contributed by atoms with van der Waals surface area (Å²) in [4.78, 5) is 12.4. The Balaban J connectivity index is 2.56. The van der Waals surface area contributed by atoms with Crippen LogP contribution in [0.1, 0.15) is 0 Å². The van der Waals surface area contributed by atoms with Crippen molar-refractivity contribution in [3.8, 4) is 11.4 Å². The van der Waals surface area contributed by atoms with Gasteiger partial charge in [0.15, 0.2) is 20.8 Å². The van der Waals surface area contributed by atoms with Crippen molar-refractivity contribution >= 4 is 27.5 Å². The van der Waals surface area contributed by atoms with Crippen molar-refractivity contribution in [2.45, 2.75) is 10.1 Å². The third-order valence-corrected chi connectivity index (χ3v) is 3.99. The SMILES string of the molecule is CSc1nc(N)nc(-c2cccc(S(C)(=O)=O)c2)n1. The van der Waals surface area contributed by atoms with Crippen molar-refractivity contribution in [3.63, 3.8) is 0 Å². The number of benzene rings is 1. The number of sulfone groups is 1. The van der Waals surface area contributed by atoms with E-state index in [1.807, 2.05) is 6.26 Å². The van der Waals surface area contributed by atoms with Crippen LogP contribution in [0.5, 0.6) is 0 Å². The molecule has 1 aromatic carbocycles. The Kier molecular flexibility index (Phi) is 3.72. The summed E-state index contributed by atoms with van der Waals surface area (Å²) in [5.74, 6) is 0.474. The molecule has 0 spiro atoms. The molecule has 0 saturated heterocycles. The Labute approximate surface area is 115 Å². The van der Waals surface area contributed by atoms with E-state index in [1.165, 1.54) is 23.9 Å². The topological polar surface area (TPSA) is 98.8 Å². The predicted octanol–water partition coefficient (Wildman–Crippen LogP) is 1.25. The van der Waals surface area contributed by atoms with Crippen LogP contribution in [0.3, 0.4) is 0 Å². The highest BCUT2D eigenvalue weighted by molar-refractivity contribution is 7.98. The lowest BCUT2D eigenvalue weighted by atomic mass is 10.2. The third kappa shape index (κ3) is 3.21. The van der Waals surface area contributed by atoms with Crippen LogP contribution in [0.15, 0.2) is 34.3 Å². The first-order chi connectivity index (χ1) is 8.90. The normalized spacial score (nSPS) is 11.5. The lowest BCUT2D eigenvalue weighted by Crippen LogP contribution is -2.02. The van der Waals surface area contributed by atoms with Gasteiger partial charge in [0.05, 0.1) is 4.90 Å². The number of hydrogen-bond donors (Lipinski definition) is 1. The van der Waals surface area contributed by atoms with E-state index in [0.29, 0.717) is 16.5 Å². The van der Waals surface area contributed by atoms with E-state index in [-0.39, 0.29) is 10.8 Å². The number of nitrogens with zero attached hydrogens (tertiary/aromatic N) is 3. The zero-order valence-electron chi connectivity index (χ0n) is 10.4. The first kappa shape index (κ1) is 13.8. The van der Waals surface area contributed by atoms with Crippen LogP contribution < -0.4 is 5.73 Å². The van der Waals surface area contributed by atoms with Gasteiger partial charge in [-0.05, 0) is 18.4 Å². The monoisotopic (exact) mass is 296 g/mol. The summed E-state index contributed by atoms with van der Waals surface area (Å²) in [6.45, 7) is 0. The van der Waals surface area contributed by atoms with Crippen LogP contribution in [0.2, 0.25) is 0 Å². The largest absolute Gasteiger partial charge is 0.368 e. The number of anilines is 1. The van der Waals surface area contributed by atoms with Gasteiger partial charge in [0.25, 0.3) is 0 Å². The molecule has 0 fully saturated rings. The molecular weight excluding hydrogens is 284 g/mol. The number of thioether (sulfide) groups is 1. The second-order valence-corrected chi connectivity index (χ2v) is 6.59. The third-order valence-electron chi connectivity index (χ3n) is 2.34. The fourth-order valence-electron chi connectivity index (χ4n) is 1.46. The summed E-state index contributed by atoms with van der Waals surface area (Å²) in [6, 6.07) is 6.42. The molecule has 2 aromatic rings. The number of hydrogen-bond acceptors (Lipinski definition) is 7. The molecule has 2 N–H and O–H groups in total. The molecule has 0 amide bonds. The predicted molar refractivity (Wildman–Crippen MR) is 74.6 cm³/mol. The summed E-state index contributed by atoms with van der Waals surface area (Å²) >= 11 is 1.34. The second kappa shape index (κ2) is 5.14. The van der Waals surface area contributed by atoms with Crippen molar-refractivity contribution in [2.75, 3.05) is 18.2 Å². The average molecular weight is 296 g/mol. The lowest BCUT2D eigenvalue weighted by Gasteiger charge is -2.05. The smallest absolute Gasteiger partial charge is 0.224 e. The number of nitrogens with two attached hydrogens (primary N) is 1. The standard InChI is InChI=1S/C11H12N4O2S2/c1-18-11-14-9(13-10(12)15-11)7-4-3-5-8(6-7)19(2,16)17/h3-6H,1-2H3,(H2,12,13,14,15). The Morgan fingerprint density at radius 3 is 2.58 bits per heavy atom. The summed E-state index contributed by atoms with van der Waals surface area (Å²) in [7, 11) is -3.27. The molecule has 0 aliphatic heterocycles. The van der Waals surface area contributed by atoms with Gasteiger partial charge in [-0.1, -0.05) is 23.9 Å². The fourth-order valence-corrected chi connectivity index (χ4v) is 2.49. The summed E-state index contributed by atoms with van der Waals surface area (Å²) in [5, 5.41) is 0.493. The van der Waals surface area contributed by atoms with Crippen LogP contribution in [-0.4, -0.2) is 35.9 Å². The number of rotatable bonds is 3. The highest BCUT2D eigenvalue weighted by atomic mass is 32.2. The van der Waals surface area contributed by atoms with Gasteiger partial charge in [0.2, 0.25) is 5.95 Å². The molecule has 8 heteroatoms. The highest BCUT2D eigenvalue weighted by Crippen LogP contribution is 2.21. The summed E-state index contributed by atoms with van der Waals surface area (Å²) in [6.07, 6.45) is 2.98. The van der Waals surface area contributed by atoms with Gasteiger partial charge >= 0.3 is 0 Å². The van der Waals surface area contributed by atoms with Crippen molar-refractivity contribution in [1.82, 2.24) is 15.0 Å². The quantitative estimate of drug-likeness (QED) is 0.851. The van der Waals surface area contributed by atoms with E-state index in [4.69, 9.17) is 5.73 Å². The first-order valence-corrected chi connectivity index (χ1v) is 8.38. The molecule has 0 aliphatic rings. The molecule has 0 atom stereocenters. The van der Waals surface area contributed by atoms with Gasteiger partial charge < -0.3 is 5.73 Å². The Morgan fingerprint density at radius 2 is 1.95 bits per heavy atom. The molecule has 100 valence electrons. The Morgan fingerprint density at radius 1 is 1.21 bits per heavy atom. The molecule has 0 aliphatic carbocycles. The molecule has 0 unspecified atom stereocenters. The van der Waals surface area contributed by atoms with E-state index in [9.17, 15) is 8.42 Å². The number of nitrogen functional groups attached to an aromatic ring is 1. The molecule has 0 saturated carbocycles. The van der Waals surface area contributed by atoms with E-state index >= 15 is 0 Å². The van der Waals surface area contributed by atoms with Gasteiger partial charge in [-0.3, -0.25) is 0 Å². The minimum Gasteiger partial charge on any atom is -0.368 e. The average Bonchev–Trinajstić information content (AvgIpc) is 2.37. The number of aromatic nitrogens is 3. The molecule has 2 rings (SSSR count). The van der Waals surface area contributed by atoms with Crippen LogP contribution in [0.4, 0.5) is 5.95 Å². The minimum atomic E-state index is -3.27. The lowest BCUT2D eigenvalue weighted by molar-refractivity contribution is 0.602. The zero-order valence-corrected chi connectivity index (χ0v) is 12.0. The van der Waals surface area contributed by atoms with E-state index in [0.717, 1.165) is 6.26 Å². The Bertz CT molecular complexity index is 716. The first-order valence-electron chi connectivity index (χ1n) is 5.26. The van der Waals surface area contributed by atoms with Gasteiger partial charge in [0, 0.05) is 11.8 Å². The fraction of sp³-hybridized carbons (Fsp3) is 0.182. The Hall–Kier alpha value is -1.67. The van der Waals surface area contributed by atoms with Crippen molar-refractivity contribution < 1.29 is 8.42 Å². The maximum absolute atomic E-state index is 11.5. The molecule has 6 nitrogen and oxygen atoms in total. The van der Waals surface area contributed by atoms with E-state index < -0.39 is 9.84 Å². The zero-order chi connectivity index (χ0) is 14.0. The molecule has 0 bridgehead atoms. The van der Waals surface area contributed by atoms with Crippen LogP contribution in [0.25, 0.3) is 11.4 Å².